The highest BCUT2D eigenvalue weighted by Crippen LogP contribution is 2.13. The van der Waals surface area contributed by atoms with Gasteiger partial charge in [-0.15, -0.1) is 0 Å². The molecule has 2 rings (SSSR count). The van der Waals surface area contributed by atoms with Crippen molar-refractivity contribution in [1.29, 1.82) is 0 Å². The van der Waals surface area contributed by atoms with Crippen molar-refractivity contribution >= 4 is 23.6 Å². The topological polar surface area (TPSA) is 133 Å². The quantitative estimate of drug-likeness (QED) is 0.410. The number of nitrogens with zero attached hydrogens (tertiary/aromatic N) is 1. The first-order chi connectivity index (χ1) is 12.8. The van der Waals surface area contributed by atoms with Gasteiger partial charge in [0, 0.05) is 13.1 Å². The molecule has 0 unspecified atom stereocenters. The van der Waals surface area contributed by atoms with Crippen molar-refractivity contribution in [3.8, 4) is 5.75 Å². The molecule has 0 amide bonds. The van der Waals surface area contributed by atoms with Crippen molar-refractivity contribution in [3.05, 3.63) is 62.3 Å². The first kappa shape index (κ1) is 19.7. The van der Waals surface area contributed by atoms with E-state index in [0.29, 0.717) is 12.4 Å². The lowest BCUT2D eigenvalue weighted by molar-refractivity contribution is -0.136. The average molecular weight is 373 g/mol. The molecule has 0 fully saturated rings. The zero-order valence-corrected chi connectivity index (χ0v) is 14.9. The lowest BCUT2D eigenvalue weighted by Crippen LogP contribution is -2.35. The Labute approximate surface area is 154 Å². The number of ether oxygens (including phenoxy) is 2. The van der Waals surface area contributed by atoms with Crippen LogP contribution < -0.4 is 21.7 Å². The zero-order chi connectivity index (χ0) is 20.0. The molecule has 0 aliphatic carbocycles. The third-order valence-corrected chi connectivity index (χ3v) is 3.60. The number of H-pyrrole nitrogens is 1. The van der Waals surface area contributed by atoms with Crippen LogP contribution in [0.3, 0.4) is 0 Å². The van der Waals surface area contributed by atoms with Crippen molar-refractivity contribution in [2.75, 3.05) is 18.9 Å². The SMILES string of the molecule is CCOc1ccc(/C=C/C(=O)OCC(=O)c2c(N)n(C)c(=O)[nH]c2=O)cc1. The number of ketones is 1. The molecule has 1 aromatic heterocycles. The molecule has 27 heavy (non-hydrogen) atoms. The van der Waals surface area contributed by atoms with Gasteiger partial charge in [-0.25, -0.2) is 9.59 Å². The van der Waals surface area contributed by atoms with E-state index in [1.807, 2.05) is 11.9 Å². The lowest BCUT2D eigenvalue weighted by atomic mass is 10.2. The van der Waals surface area contributed by atoms with Crippen LogP contribution in [0.5, 0.6) is 5.75 Å². The Balaban J connectivity index is 1.99. The third-order valence-electron chi connectivity index (χ3n) is 3.60. The normalized spacial score (nSPS) is 10.7. The van der Waals surface area contributed by atoms with Crippen molar-refractivity contribution in [3.63, 3.8) is 0 Å². The molecule has 0 atom stereocenters. The van der Waals surface area contributed by atoms with Crippen molar-refractivity contribution < 1.29 is 19.1 Å². The number of benzene rings is 1. The number of hydrogen-bond donors (Lipinski definition) is 2. The fourth-order valence-corrected chi connectivity index (χ4v) is 2.17. The van der Waals surface area contributed by atoms with E-state index in [1.54, 1.807) is 24.3 Å². The molecule has 0 spiro atoms. The summed E-state index contributed by atoms with van der Waals surface area (Å²) >= 11 is 0. The Morgan fingerprint density at radius 2 is 1.89 bits per heavy atom. The summed E-state index contributed by atoms with van der Waals surface area (Å²) in [7, 11) is 1.30. The van der Waals surface area contributed by atoms with Crippen LogP contribution in [-0.2, 0) is 16.6 Å². The maximum atomic E-state index is 12.1. The van der Waals surface area contributed by atoms with E-state index in [0.717, 1.165) is 16.2 Å². The summed E-state index contributed by atoms with van der Waals surface area (Å²) in [6.45, 7) is 1.75. The van der Waals surface area contributed by atoms with Crippen LogP contribution in [0.2, 0.25) is 0 Å². The maximum Gasteiger partial charge on any atom is 0.331 e. The Kier molecular flexibility index (Phi) is 6.32. The second-order valence-corrected chi connectivity index (χ2v) is 5.44. The molecule has 0 radical (unpaired) electrons. The number of Topliss-reactive ketones (excluding diaryl/α,β-unsaturated/α-hetero) is 1. The Hall–Kier alpha value is -3.62. The van der Waals surface area contributed by atoms with Gasteiger partial charge in [0.15, 0.2) is 6.61 Å². The average Bonchev–Trinajstić information content (AvgIpc) is 2.64. The number of esters is 1. The minimum absolute atomic E-state index is 0.297. The largest absolute Gasteiger partial charge is 0.494 e. The maximum absolute atomic E-state index is 12.1. The number of carbonyl (C=O) groups excluding carboxylic acids is 2. The van der Waals surface area contributed by atoms with Crippen molar-refractivity contribution in [1.82, 2.24) is 9.55 Å². The van der Waals surface area contributed by atoms with Gasteiger partial charge in [0.25, 0.3) is 5.56 Å². The minimum Gasteiger partial charge on any atom is -0.494 e. The Morgan fingerprint density at radius 1 is 1.22 bits per heavy atom. The minimum atomic E-state index is -0.929. The molecule has 0 bridgehead atoms. The van der Waals surface area contributed by atoms with Crippen LogP contribution >= 0.6 is 0 Å². The molecule has 0 saturated carbocycles. The number of nitrogens with one attached hydrogen (secondary N) is 1. The number of anilines is 1. The van der Waals surface area contributed by atoms with Crippen LogP contribution in [0.1, 0.15) is 22.8 Å². The fourth-order valence-electron chi connectivity index (χ4n) is 2.17. The molecular formula is C18H19N3O6. The Bertz CT molecular complexity index is 986. The number of aromatic amines is 1. The van der Waals surface area contributed by atoms with Crippen LogP contribution in [0.15, 0.2) is 39.9 Å². The van der Waals surface area contributed by atoms with E-state index in [1.165, 1.54) is 13.1 Å². The zero-order valence-electron chi connectivity index (χ0n) is 14.9. The highest BCUT2D eigenvalue weighted by Gasteiger charge is 2.19. The smallest absolute Gasteiger partial charge is 0.331 e. The van der Waals surface area contributed by atoms with Crippen LogP contribution in [-0.4, -0.2) is 34.5 Å². The highest BCUT2D eigenvalue weighted by atomic mass is 16.5. The molecule has 0 saturated heterocycles. The molecule has 1 heterocycles. The third kappa shape index (κ3) is 4.94. The van der Waals surface area contributed by atoms with Gasteiger partial charge in [-0.1, -0.05) is 12.1 Å². The van der Waals surface area contributed by atoms with E-state index >= 15 is 0 Å². The number of nitrogen functional groups attached to an aromatic ring is 1. The fraction of sp³-hybridized carbons (Fsp3) is 0.222. The van der Waals surface area contributed by atoms with E-state index in [9.17, 15) is 19.2 Å². The van der Waals surface area contributed by atoms with Gasteiger partial charge in [0.05, 0.1) is 6.61 Å². The van der Waals surface area contributed by atoms with E-state index in [4.69, 9.17) is 15.2 Å². The summed E-state index contributed by atoms with van der Waals surface area (Å²) in [5.41, 5.74) is 4.25. The van der Waals surface area contributed by atoms with Gasteiger partial charge in [-0.2, -0.15) is 0 Å². The molecular weight excluding hydrogens is 354 g/mol. The summed E-state index contributed by atoms with van der Waals surface area (Å²) in [6.07, 6.45) is 2.66. The standard InChI is InChI=1S/C18H19N3O6/c1-3-26-12-7-4-11(5-8-12)6-9-14(23)27-10-13(22)15-16(19)21(2)18(25)20-17(15)24/h4-9H,3,10,19H2,1-2H3,(H,20,24,25)/b9-6+. The first-order valence-electron chi connectivity index (χ1n) is 8.03. The van der Waals surface area contributed by atoms with Gasteiger partial charge in [-0.05, 0) is 30.7 Å². The van der Waals surface area contributed by atoms with Crippen LogP contribution in [0.4, 0.5) is 5.82 Å². The molecule has 2 aromatic rings. The van der Waals surface area contributed by atoms with Crippen molar-refractivity contribution in [2.45, 2.75) is 6.92 Å². The highest BCUT2D eigenvalue weighted by molar-refractivity contribution is 6.01. The molecule has 142 valence electrons. The van der Waals surface area contributed by atoms with E-state index in [2.05, 4.69) is 0 Å². The van der Waals surface area contributed by atoms with Crippen molar-refractivity contribution in [2.24, 2.45) is 7.05 Å². The number of aromatic nitrogens is 2. The van der Waals surface area contributed by atoms with Crippen LogP contribution in [0.25, 0.3) is 6.08 Å². The second-order valence-electron chi connectivity index (χ2n) is 5.44. The predicted octanol–water partition coefficient (Wildman–Crippen LogP) is 0.494. The Morgan fingerprint density at radius 3 is 2.52 bits per heavy atom. The molecule has 9 heteroatoms. The summed E-state index contributed by atoms with van der Waals surface area (Å²) in [5.74, 6) is -1.16. The van der Waals surface area contributed by atoms with Gasteiger partial charge < -0.3 is 15.2 Å². The van der Waals surface area contributed by atoms with E-state index < -0.39 is 35.2 Å². The number of rotatable bonds is 7. The number of nitrogens with two attached hydrogens (primary N) is 1. The molecule has 0 aliphatic rings. The molecule has 1 aromatic carbocycles. The second kappa shape index (κ2) is 8.65. The lowest BCUT2D eigenvalue weighted by Gasteiger charge is -2.07. The first-order valence-corrected chi connectivity index (χ1v) is 8.03. The molecule has 0 aliphatic heterocycles. The summed E-state index contributed by atoms with van der Waals surface area (Å²) in [5, 5.41) is 0. The van der Waals surface area contributed by atoms with Gasteiger partial charge >= 0.3 is 11.7 Å². The summed E-state index contributed by atoms with van der Waals surface area (Å²) in [6, 6.07) is 7.02. The monoisotopic (exact) mass is 373 g/mol. The summed E-state index contributed by atoms with van der Waals surface area (Å²) in [4.78, 5) is 49.0. The van der Waals surface area contributed by atoms with Gasteiger partial charge in [-0.3, -0.25) is 19.1 Å². The van der Waals surface area contributed by atoms with E-state index in [-0.39, 0.29) is 5.82 Å². The summed E-state index contributed by atoms with van der Waals surface area (Å²) < 4.78 is 11.1. The molecule has 9 nitrogen and oxygen atoms in total. The van der Waals surface area contributed by atoms with Gasteiger partial charge in [0.1, 0.15) is 17.1 Å². The predicted molar refractivity (Wildman–Crippen MR) is 98.7 cm³/mol. The number of carbonyl (C=O) groups is 2. The molecule has 3 N–H and O–H groups in total. The van der Waals surface area contributed by atoms with Crippen LogP contribution in [0, 0.1) is 0 Å². The number of hydrogen-bond acceptors (Lipinski definition) is 7. The van der Waals surface area contributed by atoms with Gasteiger partial charge in [0.2, 0.25) is 5.78 Å².